The molecule has 3 aliphatic rings. The Morgan fingerprint density at radius 2 is 1.89 bits per heavy atom. The van der Waals surface area contributed by atoms with E-state index in [0.29, 0.717) is 30.6 Å². The maximum absolute atomic E-state index is 14.9. The van der Waals surface area contributed by atoms with Crippen molar-refractivity contribution in [3.8, 4) is 11.1 Å². The molecule has 1 heterocycles. The molecule has 35 heavy (non-hydrogen) atoms. The monoisotopic (exact) mass is 466 g/mol. The minimum Gasteiger partial charge on any atom is -0.389 e. The minimum absolute atomic E-state index is 0.136. The average Bonchev–Trinajstić information content (AvgIpc) is 3.15. The Balaban J connectivity index is 1.25. The molecule has 3 unspecified atom stereocenters. The number of benzene rings is 2. The third-order valence-corrected chi connectivity index (χ3v) is 9.71. The Bertz CT molecular complexity index is 1300. The highest BCUT2D eigenvalue weighted by atomic mass is 19.1. The topological polar surface area (TPSA) is 37.5 Å². The molecule has 0 radical (unpaired) electrons. The second-order valence-corrected chi connectivity index (χ2v) is 11.1. The van der Waals surface area contributed by atoms with Crippen molar-refractivity contribution in [2.45, 2.75) is 63.4 Å². The number of hydrogen-bond acceptors (Lipinski definition) is 2. The highest BCUT2D eigenvalue weighted by Crippen LogP contribution is 2.65. The third-order valence-electron chi connectivity index (χ3n) is 9.71. The van der Waals surface area contributed by atoms with E-state index >= 15 is 0 Å². The van der Waals surface area contributed by atoms with E-state index in [2.05, 4.69) is 47.1 Å². The Hall–Kier alpha value is -3.03. The fourth-order valence-corrected chi connectivity index (χ4v) is 7.79. The number of hydrogen-bond donors (Lipinski definition) is 1. The van der Waals surface area contributed by atoms with Crippen molar-refractivity contribution in [2.75, 3.05) is 0 Å². The number of rotatable bonds is 3. The number of pyridine rings is 1. The Labute approximate surface area is 206 Å². The minimum atomic E-state index is -0.724. The summed E-state index contributed by atoms with van der Waals surface area (Å²) in [5.41, 5.74) is 4.58. The normalized spacial score (nSPS) is 31.2. The molecule has 0 bridgehead atoms. The number of aromatic nitrogens is 1. The number of halogens is 1. The molecule has 2 fully saturated rings. The fraction of sp³-hybridized carbons (Fsp3) is 0.419. The number of nitrogens with zero attached hydrogens (tertiary/aromatic N) is 2. The largest absolute Gasteiger partial charge is 0.389 e. The Morgan fingerprint density at radius 3 is 2.63 bits per heavy atom. The summed E-state index contributed by atoms with van der Waals surface area (Å²) in [6, 6.07) is 16.2. The van der Waals surface area contributed by atoms with Crippen molar-refractivity contribution < 1.29 is 9.50 Å². The van der Waals surface area contributed by atoms with Crippen LogP contribution in [-0.2, 0) is 12.8 Å². The van der Waals surface area contributed by atoms with Gasteiger partial charge in [0.15, 0.2) is 0 Å². The van der Waals surface area contributed by atoms with Gasteiger partial charge in [-0.1, -0.05) is 49.4 Å². The molecule has 0 amide bonds. The van der Waals surface area contributed by atoms with Crippen LogP contribution >= 0.6 is 0 Å². The Kier molecular flexibility index (Phi) is 5.31. The maximum atomic E-state index is 14.9. The molecule has 0 aliphatic heterocycles. The van der Waals surface area contributed by atoms with Crippen molar-refractivity contribution in [3.63, 3.8) is 0 Å². The molecule has 3 aromatic rings. The molecule has 0 spiro atoms. The van der Waals surface area contributed by atoms with Crippen LogP contribution in [0, 0.1) is 29.6 Å². The van der Waals surface area contributed by atoms with E-state index in [-0.39, 0.29) is 16.9 Å². The zero-order valence-electron chi connectivity index (χ0n) is 20.2. The van der Waals surface area contributed by atoms with Gasteiger partial charge in [0.05, 0.1) is 12.2 Å². The first kappa shape index (κ1) is 22.4. The predicted octanol–water partition coefficient (Wildman–Crippen LogP) is 7.27. The molecule has 3 nitrogen and oxygen atoms in total. The van der Waals surface area contributed by atoms with E-state index in [9.17, 15) is 9.50 Å². The van der Waals surface area contributed by atoms with Gasteiger partial charge in [0.25, 0.3) is 0 Å². The number of aliphatic hydroxyl groups is 1. The van der Waals surface area contributed by atoms with Gasteiger partial charge in [0.2, 0.25) is 5.69 Å². The van der Waals surface area contributed by atoms with Gasteiger partial charge in [0, 0.05) is 18.8 Å². The summed E-state index contributed by atoms with van der Waals surface area (Å²) in [4.78, 5) is 7.59. The number of fused-ring (bicyclic) bond motifs is 5. The first-order valence-corrected chi connectivity index (χ1v) is 12.8. The van der Waals surface area contributed by atoms with Crippen molar-refractivity contribution in [1.29, 1.82) is 0 Å². The zero-order chi connectivity index (χ0) is 24.2. The van der Waals surface area contributed by atoms with E-state index in [4.69, 9.17) is 6.57 Å². The lowest BCUT2D eigenvalue weighted by atomic mass is 9.52. The van der Waals surface area contributed by atoms with Crippen LogP contribution in [0.15, 0.2) is 60.9 Å². The smallest absolute Gasteiger partial charge is 0.222 e. The van der Waals surface area contributed by atoms with Crippen molar-refractivity contribution in [1.82, 2.24) is 4.98 Å². The van der Waals surface area contributed by atoms with Crippen LogP contribution in [0.3, 0.4) is 0 Å². The molecule has 178 valence electrons. The Morgan fingerprint density at radius 1 is 1.06 bits per heavy atom. The van der Waals surface area contributed by atoms with Gasteiger partial charge in [-0.3, -0.25) is 4.98 Å². The summed E-state index contributed by atoms with van der Waals surface area (Å²) in [6.45, 7) is 9.56. The first-order valence-electron chi connectivity index (χ1n) is 12.8. The summed E-state index contributed by atoms with van der Waals surface area (Å²) in [6.07, 6.45) is 9.76. The van der Waals surface area contributed by atoms with Gasteiger partial charge in [0.1, 0.15) is 5.82 Å². The molecule has 1 aromatic heterocycles. The summed E-state index contributed by atoms with van der Waals surface area (Å²) in [5.74, 6) is 0.952. The zero-order valence-corrected chi connectivity index (χ0v) is 20.2. The quantitative estimate of drug-likeness (QED) is 0.412. The summed E-state index contributed by atoms with van der Waals surface area (Å²) < 4.78 is 14.9. The highest BCUT2D eigenvalue weighted by molar-refractivity contribution is 5.62. The lowest BCUT2D eigenvalue weighted by Gasteiger charge is -2.53. The molecule has 3 aliphatic carbocycles. The van der Waals surface area contributed by atoms with E-state index in [1.165, 1.54) is 5.56 Å². The highest BCUT2D eigenvalue weighted by Gasteiger charge is 2.61. The molecule has 5 atom stereocenters. The molecule has 4 heteroatoms. The van der Waals surface area contributed by atoms with Crippen LogP contribution in [0.1, 0.15) is 61.6 Å². The van der Waals surface area contributed by atoms with Crippen molar-refractivity contribution in [3.05, 3.63) is 94.8 Å². The first-order chi connectivity index (χ1) is 16.9. The lowest BCUT2D eigenvalue weighted by molar-refractivity contribution is -0.102. The van der Waals surface area contributed by atoms with E-state index < -0.39 is 5.60 Å². The van der Waals surface area contributed by atoms with Gasteiger partial charge >= 0.3 is 0 Å². The van der Waals surface area contributed by atoms with E-state index in [0.717, 1.165) is 54.4 Å². The summed E-state index contributed by atoms with van der Waals surface area (Å²) in [5, 5.41) is 12.1. The van der Waals surface area contributed by atoms with Crippen LogP contribution in [0.4, 0.5) is 10.1 Å². The SMILES string of the molecule is [C-]#[N+]c1ccc2c(c1F)CCC1C2CC[C@@]2(C)C1CC[C@@]2(O)Cc1ccc(-c2cccnc2)cc1. The second-order valence-electron chi connectivity index (χ2n) is 11.1. The predicted molar refractivity (Wildman–Crippen MR) is 136 cm³/mol. The molecule has 2 aromatic carbocycles. The second kappa shape index (κ2) is 8.28. The summed E-state index contributed by atoms with van der Waals surface area (Å²) >= 11 is 0. The van der Waals surface area contributed by atoms with Crippen molar-refractivity contribution in [2.24, 2.45) is 17.3 Å². The van der Waals surface area contributed by atoms with Crippen LogP contribution in [0.5, 0.6) is 0 Å². The molecule has 0 saturated heterocycles. The van der Waals surface area contributed by atoms with Crippen LogP contribution in [0.25, 0.3) is 16.0 Å². The van der Waals surface area contributed by atoms with E-state index in [1.54, 1.807) is 12.3 Å². The molecular formula is C31H31FN2O. The average molecular weight is 467 g/mol. The van der Waals surface area contributed by atoms with Gasteiger partial charge < -0.3 is 5.11 Å². The fourth-order valence-electron chi connectivity index (χ4n) is 7.79. The molecule has 6 rings (SSSR count). The van der Waals surface area contributed by atoms with Crippen molar-refractivity contribution >= 4 is 5.69 Å². The molecule has 1 N–H and O–H groups in total. The van der Waals surface area contributed by atoms with Crippen LogP contribution in [0.2, 0.25) is 0 Å². The van der Waals surface area contributed by atoms with E-state index in [1.807, 2.05) is 18.3 Å². The maximum Gasteiger partial charge on any atom is 0.222 e. The van der Waals surface area contributed by atoms with Gasteiger partial charge in [-0.2, -0.15) is 0 Å². The molecular weight excluding hydrogens is 435 g/mol. The van der Waals surface area contributed by atoms with Gasteiger partial charge in [-0.15, -0.1) is 0 Å². The standard InChI is InChI=1S/C31H31FN2O/c1-30-15-13-24-23-11-12-28(33-2)29(32)26(23)10-9-25(24)27(30)14-16-31(30,35)18-20-5-7-21(8-6-20)22-4-3-17-34-19-22/h3-8,11-12,17,19,24-25,27,35H,9-10,13-16,18H2,1H3/t24?,25?,27?,30-,31+/m0/s1. The summed E-state index contributed by atoms with van der Waals surface area (Å²) in [7, 11) is 0. The van der Waals surface area contributed by atoms with Gasteiger partial charge in [-0.25, -0.2) is 9.24 Å². The van der Waals surface area contributed by atoms with Gasteiger partial charge in [-0.05, 0) is 95.6 Å². The lowest BCUT2D eigenvalue weighted by Crippen LogP contribution is -2.51. The molecule has 2 saturated carbocycles. The van der Waals surface area contributed by atoms with Crippen LogP contribution in [-0.4, -0.2) is 15.7 Å². The van der Waals surface area contributed by atoms with Crippen LogP contribution < -0.4 is 0 Å². The third kappa shape index (κ3) is 3.44.